The van der Waals surface area contributed by atoms with E-state index in [1.807, 2.05) is 0 Å². The predicted octanol–water partition coefficient (Wildman–Crippen LogP) is 2.34. The average molecular weight is 460 g/mol. The van der Waals surface area contributed by atoms with Crippen molar-refractivity contribution in [2.24, 2.45) is 5.92 Å². The molecule has 2 atom stereocenters. The number of pyridine rings is 1. The summed E-state index contributed by atoms with van der Waals surface area (Å²) >= 11 is 12.1. The van der Waals surface area contributed by atoms with Crippen LogP contribution in [-0.2, 0) is 14.8 Å². The minimum absolute atomic E-state index is 0.0670. The van der Waals surface area contributed by atoms with E-state index in [2.05, 4.69) is 15.0 Å². The monoisotopic (exact) mass is 459 g/mol. The number of benzene rings is 1. The maximum atomic E-state index is 12.6. The largest absolute Gasteiger partial charge is 0.478 e. The van der Waals surface area contributed by atoms with Crippen molar-refractivity contribution >= 4 is 39.2 Å². The van der Waals surface area contributed by atoms with E-state index in [4.69, 9.17) is 33.0 Å². The van der Waals surface area contributed by atoms with Gasteiger partial charge in [0.1, 0.15) is 4.90 Å². The third kappa shape index (κ3) is 5.44. The fraction of sp³-hybridized carbons (Fsp3) is 0.333. The van der Waals surface area contributed by atoms with Gasteiger partial charge in [0.25, 0.3) is 0 Å². The maximum Gasteiger partial charge on any atom is 0.337 e. The Labute approximate surface area is 178 Å². The van der Waals surface area contributed by atoms with Gasteiger partial charge in [-0.3, -0.25) is 4.98 Å². The lowest BCUT2D eigenvalue weighted by Crippen LogP contribution is -2.36. The Hall–Kier alpha value is -1.75. The van der Waals surface area contributed by atoms with Crippen LogP contribution >= 0.6 is 23.2 Å². The van der Waals surface area contributed by atoms with E-state index in [-0.39, 0.29) is 22.9 Å². The van der Waals surface area contributed by atoms with Crippen molar-refractivity contribution in [3.63, 3.8) is 0 Å². The number of hydrogen-bond acceptors (Lipinski definition) is 6. The van der Waals surface area contributed by atoms with Crippen LogP contribution in [0.5, 0.6) is 0 Å². The van der Waals surface area contributed by atoms with Crippen LogP contribution in [0.15, 0.2) is 41.6 Å². The van der Waals surface area contributed by atoms with Crippen LogP contribution in [0, 0.1) is 5.92 Å². The molecular formula is C18H19Cl2N3O5S. The number of carbonyl (C=O) groups is 1. The van der Waals surface area contributed by atoms with Crippen molar-refractivity contribution in [3.8, 4) is 0 Å². The van der Waals surface area contributed by atoms with E-state index in [1.54, 1.807) is 18.2 Å². The summed E-state index contributed by atoms with van der Waals surface area (Å²) < 4.78 is 33.7. The third-order valence-electron chi connectivity index (χ3n) is 4.49. The normalized spacial score (nSPS) is 20.2. The minimum atomic E-state index is -3.95. The molecule has 2 unspecified atom stereocenters. The van der Waals surface area contributed by atoms with Crippen molar-refractivity contribution in [3.05, 3.63) is 57.8 Å². The highest BCUT2D eigenvalue weighted by atomic mass is 35.5. The molecule has 11 heteroatoms. The summed E-state index contributed by atoms with van der Waals surface area (Å²) in [5.41, 5.74) is 0.586. The van der Waals surface area contributed by atoms with Gasteiger partial charge in [-0.15, -0.1) is 0 Å². The number of hydrogen-bond donors (Lipinski definition) is 3. The van der Waals surface area contributed by atoms with Gasteiger partial charge < -0.3 is 15.2 Å². The molecule has 156 valence electrons. The molecular weight excluding hydrogens is 441 g/mol. The molecule has 29 heavy (non-hydrogen) atoms. The van der Waals surface area contributed by atoms with Crippen LogP contribution in [-0.4, -0.2) is 50.7 Å². The van der Waals surface area contributed by atoms with Gasteiger partial charge >= 0.3 is 5.97 Å². The molecule has 1 saturated heterocycles. The summed E-state index contributed by atoms with van der Waals surface area (Å²) in [4.78, 5) is 14.6. The number of carboxylic acids is 1. The molecule has 0 saturated carbocycles. The smallest absolute Gasteiger partial charge is 0.337 e. The van der Waals surface area contributed by atoms with Crippen LogP contribution in [0.4, 0.5) is 0 Å². The fourth-order valence-electron chi connectivity index (χ4n) is 3.01. The quantitative estimate of drug-likeness (QED) is 0.606. The number of rotatable bonds is 6. The second-order valence-electron chi connectivity index (χ2n) is 6.50. The minimum Gasteiger partial charge on any atom is -0.478 e. The first-order valence-electron chi connectivity index (χ1n) is 8.73. The van der Waals surface area contributed by atoms with Gasteiger partial charge in [-0.25, -0.2) is 17.9 Å². The average Bonchev–Trinajstić information content (AvgIpc) is 2.94. The van der Waals surface area contributed by atoms with Gasteiger partial charge in [-0.05, 0) is 23.8 Å². The molecule has 0 spiro atoms. The van der Waals surface area contributed by atoms with Crippen molar-refractivity contribution in [1.29, 1.82) is 0 Å². The summed E-state index contributed by atoms with van der Waals surface area (Å²) in [5.74, 6) is -1.49. The van der Waals surface area contributed by atoms with E-state index >= 15 is 0 Å². The van der Waals surface area contributed by atoms with E-state index < -0.39 is 22.1 Å². The standard InChI is InChI=1S/C18H19Cl2N3O5S/c19-15-2-1-11(6-16(15)20)17-13(8-21-3-4-28-17)9-23-29(26,27)14-5-12(18(24)25)7-22-10-14/h1-2,5-7,10,13,17,21,23H,3-4,8-9H2,(H,24,25). The molecule has 1 aliphatic heterocycles. The van der Waals surface area contributed by atoms with Crippen LogP contribution in [0.25, 0.3) is 0 Å². The van der Waals surface area contributed by atoms with E-state index in [0.29, 0.717) is 29.7 Å². The third-order valence-corrected chi connectivity index (χ3v) is 6.62. The van der Waals surface area contributed by atoms with Crippen molar-refractivity contribution in [2.75, 3.05) is 26.2 Å². The first-order chi connectivity index (χ1) is 13.8. The van der Waals surface area contributed by atoms with E-state index in [1.165, 1.54) is 0 Å². The number of aromatic nitrogens is 1. The lowest BCUT2D eigenvalue weighted by atomic mass is 9.95. The summed E-state index contributed by atoms with van der Waals surface area (Å²) in [7, 11) is -3.95. The Kier molecular flexibility index (Phi) is 7.10. The SMILES string of the molecule is O=C(O)c1cncc(S(=O)(=O)NCC2CNCCOC2c2ccc(Cl)c(Cl)c2)c1. The molecule has 1 aliphatic rings. The number of sulfonamides is 1. The Morgan fingerprint density at radius 3 is 2.79 bits per heavy atom. The molecule has 3 rings (SSSR count). The topological polar surface area (TPSA) is 118 Å². The van der Waals surface area contributed by atoms with Gasteiger partial charge in [-0.2, -0.15) is 0 Å². The van der Waals surface area contributed by atoms with Gasteiger partial charge in [-0.1, -0.05) is 29.3 Å². The van der Waals surface area contributed by atoms with Gasteiger partial charge in [0.05, 0.1) is 28.3 Å². The van der Waals surface area contributed by atoms with Crippen molar-refractivity contribution < 1.29 is 23.1 Å². The van der Waals surface area contributed by atoms with Crippen molar-refractivity contribution in [1.82, 2.24) is 15.0 Å². The highest BCUT2D eigenvalue weighted by molar-refractivity contribution is 7.89. The first kappa shape index (κ1) is 21.9. The van der Waals surface area contributed by atoms with Crippen LogP contribution in [0.3, 0.4) is 0 Å². The Morgan fingerprint density at radius 1 is 1.28 bits per heavy atom. The molecule has 3 N–H and O–H groups in total. The summed E-state index contributed by atoms with van der Waals surface area (Å²) in [6, 6.07) is 6.24. The summed E-state index contributed by atoms with van der Waals surface area (Å²) in [5, 5.41) is 13.1. The second kappa shape index (κ2) is 9.38. The summed E-state index contributed by atoms with van der Waals surface area (Å²) in [6.07, 6.45) is 1.79. The number of nitrogens with zero attached hydrogens (tertiary/aromatic N) is 1. The first-order valence-corrected chi connectivity index (χ1v) is 11.0. The molecule has 1 aromatic carbocycles. The fourth-order valence-corrected chi connectivity index (χ4v) is 4.40. The maximum absolute atomic E-state index is 12.6. The molecule has 1 aromatic heterocycles. The van der Waals surface area contributed by atoms with Crippen LogP contribution < -0.4 is 10.0 Å². The number of carboxylic acid groups (broad SMARTS) is 1. The molecule has 0 amide bonds. The molecule has 0 aliphatic carbocycles. The number of ether oxygens (including phenoxy) is 1. The molecule has 1 fully saturated rings. The Morgan fingerprint density at radius 2 is 2.07 bits per heavy atom. The molecule has 0 radical (unpaired) electrons. The molecule has 2 aromatic rings. The van der Waals surface area contributed by atoms with E-state index in [0.717, 1.165) is 24.0 Å². The van der Waals surface area contributed by atoms with E-state index in [9.17, 15) is 13.2 Å². The zero-order valence-electron chi connectivity index (χ0n) is 15.1. The summed E-state index contributed by atoms with van der Waals surface area (Å²) in [6.45, 7) is 1.67. The molecule has 0 bridgehead atoms. The lowest BCUT2D eigenvalue weighted by molar-refractivity contribution is 0.0322. The second-order valence-corrected chi connectivity index (χ2v) is 9.08. The Bertz CT molecular complexity index is 1000. The molecule has 8 nitrogen and oxygen atoms in total. The van der Waals surface area contributed by atoms with Crippen molar-refractivity contribution in [2.45, 2.75) is 11.0 Å². The lowest BCUT2D eigenvalue weighted by Gasteiger charge is -2.25. The van der Waals surface area contributed by atoms with Crippen LogP contribution in [0.2, 0.25) is 10.0 Å². The Balaban J connectivity index is 1.79. The molecule has 2 heterocycles. The van der Waals surface area contributed by atoms with Gasteiger partial charge in [0.2, 0.25) is 10.0 Å². The highest BCUT2D eigenvalue weighted by Gasteiger charge is 2.28. The highest BCUT2D eigenvalue weighted by Crippen LogP contribution is 2.32. The number of halogens is 2. The van der Waals surface area contributed by atoms with Gasteiger partial charge in [0.15, 0.2) is 0 Å². The van der Waals surface area contributed by atoms with Gasteiger partial charge in [0, 0.05) is 37.9 Å². The number of aromatic carboxylic acids is 1. The van der Waals surface area contributed by atoms with Crippen LogP contribution in [0.1, 0.15) is 22.0 Å². The zero-order chi connectivity index (χ0) is 21.0. The zero-order valence-corrected chi connectivity index (χ0v) is 17.5. The predicted molar refractivity (Wildman–Crippen MR) is 108 cm³/mol. The number of nitrogens with one attached hydrogen (secondary N) is 2.